The Hall–Kier alpha value is -3.27. The van der Waals surface area contributed by atoms with Crippen molar-refractivity contribution in [2.75, 3.05) is 13.7 Å². The summed E-state index contributed by atoms with van der Waals surface area (Å²) in [4.78, 5) is 36.6. The van der Waals surface area contributed by atoms with E-state index in [2.05, 4.69) is 5.32 Å². The molecule has 0 aliphatic carbocycles. The molecule has 0 aromatic heterocycles. The Balaban J connectivity index is 1.77. The van der Waals surface area contributed by atoms with E-state index in [4.69, 9.17) is 18.9 Å². The molecule has 0 radical (unpaired) electrons. The summed E-state index contributed by atoms with van der Waals surface area (Å²) in [5.74, 6) is -1.72. The molecule has 3 rings (SSSR count). The van der Waals surface area contributed by atoms with Crippen LogP contribution in [0, 0.1) is 0 Å². The average Bonchev–Trinajstić information content (AvgIpc) is 2.81. The predicted molar refractivity (Wildman–Crippen MR) is 112 cm³/mol. The van der Waals surface area contributed by atoms with E-state index < -0.39 is 48.5 Å². The smallest absolute Gasteiger partial charge is 0.338 e. The molecule has 1 heterocycles. The molecule has 9 nitrogen and oxygen atoms in total. The molecule has 9 heteroatoms. The van der Waals surface area contributed by atoms with Crippen LogP contribution in [0.15, 0.2) is 60.7 Å². The maximum atomic E-state index is 12.6. The summed E-state index contributed by atoms with van der Waals surface area (Å²) in [7, 11) is 1.35. The molecule has 1 saturated heterocycles. The topological polar surface area (TPSA) is 120 Å². The number of amides is 1. The van der Waals surface area contributed by atoms with Crippen LogP contribution in [0.2, 0.25) is 0 Å². The van der Waals surface area contributed by atoms with E-state index in [1.54, 1.807) is 60.7 Å². The number of hydrogen-bond donors (Lipinski definition) is 2. The van der Waals surface area contributed by atoms with Gasteiger partial charge in [-0.2, -0.15) is 0 Å². The second kappa shape index (κ2) is 10.9. The summed E-state index contributed by atoms with van der Waals surface area (Å²) in [5, 5.41) is 13.5. The third kappa shape index (κ3) is 5.70. The van der Waals surface area contributed by atoms with Gasteiger partial charge < -0.3 is 29.4 Å². The monoisotopic (exact) mass is 443 g/mol. The SMILES string of the molecule is CO[C@@H]1O[C@H](COC(=O)c2ccccc2)[C@@H](O)[C@H](OC(=O)c2ccccc2)[C@H]1NC(C)=O. The molecule has 0 spiro atoms. The van der Waals surface area contributed by atoms with Crippen molar-refractivity contribution in [3.05, 3.63) is 71.8 Å². The molecule has 2 aromatic carbocycles. The lowest BCUT2D eigenvalue weighted by atomic mass is 9.96. The minimum absolute atomic E-state index is 0.272. The zero-order valence-electron chi connectivity index (χ0n) is 17.7. The molecule has 2 N–H and O–H groups in total. The number of carbonyl (C=O) groups excluding carboxylic acids is 3. The van der Waals surface area contributed by atoms with Crippen LogP contribution in [0.25, 0.3) is 0 Å². The quantitative estimate of drug-likeness (QED) is 0.615. The van der Waals surface area contributed by atoms with Crippen LogP contribution in [-0.2, 0) is 23.7 Å². The van der Waals surface area contributed by atoms with Crippen molar-refractivity contribution in [3.63, 3.8) is 0 Å². The van der Waals surface area contributed by atoms with E-state index in [9.17, 15) is 19.5 Å². The molecule has 0 bridgehead atoms. The van der Waals surface area contributed by atoms with Crippen LogP contribution < -0.4 is 5.32 Å². The van der Waals surface area contributed by atoms with Gasteiger partial charge in [0.2, 0.25) is 5.91 Å². The molecule has 2 aromatic rings. The van der Waals surface area contributed by atoms with Gasteiger partial charge in [0.15, 0.2) is 12.4 Å². The number of aliphatic hydroxyl groups is 1. The molecule has 32 heavy (non-hydrogen) atoms. The van der Waals surface area contributed by atoms with Crippen LogP contribution >= 0.6 is 0 Å². The third-order valence-electron chi connectivity index (χ3n) is 4.92. The number of benzene rings is 2. The van der Waals surface area contributed by atoms with Crippen LogP contribution in [0.1, 0.15) is 27.6 Å². The van der Waals surface area contributed by atoms with Crippen LogP contribution in [0.4, 0.5) is 0 Å². The van der Waals surface area contributed by atoms with Crippen molar-refractivity contribution >= 4 is 17.8 Å². The van der Waals surface area contributed by atoms with Gasteiger partial charge in [0, 0.05) is 14.0 Å². The Bertz CT molecular complexity index is 920. The summed E-state index contributed by atoms with van der Waals surface area (Å²) in [6.45, 7) is 0.962. The number of methoxy groups -OCH3 is 1. The van der Waals surface area contributed by atoms with E-state index in [0.29, 0.717) is 5.56 Å². The lowest BCUT2D eigenvalue weighted by molar-refractivity contribution is -0.262. The fraction of sp³-hybridized carbons (Fsp3) is 0.348. The molecule has 5 atom stereocenters. The van der Waals surface area contributed by atoms with Crippen LogP contribution in [0.3, 0.4) is 0 Å². The van der Waals surface area contributed by atoms with Crippen molar-refractivity contribution < 1.29 is 38.4 Å². The van der Waals surface area contributed by atoms with Gasteiger partial charge in [0.25, 0.3) is 0 Å². The summed E-state index contributed by atoms with van der Waals surface area (Å²) in [6.07, 6.45) is -4.75. The van der Waals surface area contributed by atoms with E-state index >= 15 is 0 Å². The maximum absolute atomic E-state index is 12.6. The number of aliphatic hydroxyl groups excluding tert-OH is 1. The number of hydrogen-bond acceptors (Lipinski definition) is 8. The maximum Gasteiger partial charge on any atom is 0.338 e. The molecule has 0 saturated carbocycles. The number of ether oxygens (including phenoxy) is 4. The van der Waals surface area contributed by atoms with Crippen molar-refractivity contribution in [2.45, 2.75) is 37.6 Å². The minimum atomic E-state index is -1.41. The highest BCUT2D eigenvalue weighted by Gasteiger charge is 2.48. The molecule has 1 aliphatic rings. The molecule has 1 fully saturated rings. The molecule has 1 amide bonds. The Morgan fingerprint density at radius 2 is 1.53 bits per heavy atom. The Kier molecular flexibility index (Phi) is 7.93. The van der Waals surface area contributed by atoms with Crippen LogP contribution in [0.5, 0.6) is 0 Å². The van der Waals surface area contributed by atoms with Crippen molar-refractivity contribution in [1.29, 1.82) is 0 Å². The van der Waals surface area contributed by atoms with Gasteiger partial charge in [0.05, 0.1) is 11.1 Å². The summed E-state index contributed by atoms with van der Waals surface area (Å²) >= 11 is 0. The van der Waals surface area contributed by atoms with Crippen LogP contribution in [-0.4, -0.2) is 67.3 Å². The first-order valence-corrected chi connectivity index (χ1v) is 10.0. The average molecular weight is 443 g/mol. The summed E-state index contributed by atoms with van der Waals surface area (Å²) in [6, 6.07) is 15.6. The summed E-state index contributed by atoms with van der Waals surface area (Å²) in [5.41, 5.74) is 0.609. The zero-order chi connectivity index (χ0) is 23.1. The number of nitrogens with one attached hydrogen (secondary N) is 1. The first-order chi connectivity index (χ1) is 15.4. The lowest BCUT2D eigenvalue weighted by Gasteiger charge is -2.43. The third-order valence-corrected chi connectivity index (χ3v) is 4.92. The zero-order valence-corrected chi connectivity index (χ0v) is 17.7. The summed E-state index contributed by atoms with van der Waals surface area (Å²) < 4.78 is 21.9. The van der Waals surface area contributed by atoms with E-state index in [1.807, 2.05) is 0 Å². The Morgan fingerprint density at radius 1 is 0.969 bits per heavy atom. The predicted octanol–water partition coefficient (Wildman–Crippen LogP) is 1.31. The second-order valence-corrected chi connectivity index (χ2v) is 7.20. The molecule has 0 unspecified atom stereocenters. The van der Waals surface area contributed by atoms with Gasteiger partial charge >= 0.3 is 11.9 Å². The molecule has 1 aliphatic heterocycles. The first kappa shape index (κ1) is 23.4. The lowest BCUT2D eigenvalue weighted by Crippen LogP contribution is -2.65. The van der Waals surface area contributed by atoms with E-state index in [-0.39, 0.29) is 12.2 Å². The fourth-order valence-corrected chi connectivity index (χ4v) is 3.37. The Morgan fingerprint density at radius 3 is 2.06 bits per heavy atom. The van der Waals surface area contributed by atoms with Gasteiger partial charge in [-0.15, -0.1) is 0 Å². The first-order valence-electron chi connectivity index (χ1n) is 10.0. The van der Waals surface area contributed by atoms with Gasteiger partial charge in [0.1, 0.15) is 24.9 Å². The fourth-order valence-electron chi connectivity index (χ4n) is 3.37. The highest BCUT2D eigenvalue weighted by Crippen LogP contribution is 2.26. The number of esters is 2. The van der Waals surface area contributed by atoms with E-state index in [0.717, 1.165) is 0 Å². The molecule has 170 valence electrons. The van der Waals surface area contributed by atoms with Crippen molar-refractivity contribution in [1.82, 2.24) is 5.32 Å². The highest BCUT2D eigenvalue weighted by atomic mass is 16.7. The van der Waals surface area contributed by atoms with Crippen molar-refractivity contribution in [3.8, 4) is 0 Å². The number of rotatable bonds is 7. The van der Waals surface area contributed by atoms with Gasteiger partial charge in [-0.25, -0.2) is 9.59 Å². The molecular formula is C23H25NO8. The molecular weight excluding hydrogens is 418 g/mol. The van der Waals surface area contributed by atoms with Gasteiger partial charge in [-0.3, -0.25) is 4.79 Å². The minimum Gasteiger partial charge on any atom is -0.459 e. The Labute approximate surface area is 185 Å². The largest absolute Gasteiger partial charge is 0.459 e. The standard InChI is InChI=1S/C23H25NO8/c1-14(25)24-18-20(32-22(28)16-11-7-4-8-12-16)19(26)17(31-23(18)29-2)13-30-21(27)15-9-5-3-6-10-15/h3-12,17-20,23,26H,13H2,1-2H3,(H,24,25)/t17-,18-,19-,20-,23-/m1/s1. The van der Waals surface area contributed by atoms with Gasteiger partial charge in [-0.05, 0) is 24.3 Å². The van der Waals surface area contributed by atoms with Crippen molar-refractivity contribution in [2.24, 2.45) is 0 Å². The normalized spacial score (nSPS) is 24.9. The second-order valence-electron chi connectivity index (χ2n) is 7.20. The number of carbonyl (C=O) groups is 3. The van der Waals surface area contributed by atoms with Gasteiger partial charge in [-0.1, -0.05) is 36.4 Å². The van der Waals surface area contributed by atoms with E-state index in [1.165, 1.54) is 14.0 Å². The highest BCUT2D eigenvalue weighted by molar-refractivity contribution is 5.90.